The molecule has 0 fully saturated rings. The molecule has 0 bridgehead atoms. The highest BCUT2D eigenvalue weighted by molar-refractivity contribution is 7.89. The zero-order valence-corrected chi connectivity index (χ0v) is 12.5. The second-order valence-electron chi connectivity index (χ2n) is 3.98. The Bertz CT molecular complexity index is 723. The van der Waals surface area contributed by atoms with Crippen molar-refractivity contribution in [2.45, 2.75) is 11.6 Å². The summed E-state index contributed by atoms with van der Waals surface area (Å²) in [5, 5.41) is 1.97. The van der Waals surface area contributed by atoms with Crippen LogP contribution >= 0.6 is 11.3 Å². The molecule has 8 heteroatoms. The van der Waals surface area contributed by atoms with Crippen LogP contribution in [0.4, 0.5) is 0 Å². The summed E-state index contributed by atoms with van der Waals surface area (Å²) in [6, 6.07) is 1.87. The second-order valence-corrected chi connectivity index (χ2v) is 6.99. The van der Waals surface area contributed by atoms with E-state index in [1.165, 1.54) is 35.2 Å². The monoisotopic (exact) mass is 310 g/mol. The van der Waals surface area contributed by atoms with Gasteiger partial charge in [0, 0.05) is 29.4 Å². The van der Waals surface area contributed by atoms with Gasteiger partial charge in [0.15, 0.2) is 5.03 Å². The number of thiophene rings is 1. The highest BCUT2D eigenvalue weighted by Gasteiger charge is 2.22. The predicted molar refractivity (Wildman–Crippen MR) is 77.5 cm³/mol. The third-order valence-electron chi connectivity index (χ3n) is 2.53. The van der Waals surface area contributed by atoms with Gasteiger partial charge in [-0.3, -0.25) is 0 Å². The van der Waals surface area contributed by atoms with Crippen molar-refractivity contribution in [2.24, 2.45) is 5.73 Å². The predicted octanol–water partition coefficient (Wildman–Crippen LogP) is 0.602. The second kappa shape index (κ2) is 6.19. The Labute approximate surface area is 121 Å². The maximum absolute atomic E-state index is 12.2. The van der Waals surface area contributed by atoms with Gasteiger partial charge in [0.1, 0.15) is 0 Å². The van der Waals surface area contributed by atoms with E-state index in [2.05, 4.69) is 21.8 Å². The average Bonchev–Trinajstić information content (AvgIpc) is 3.07. The molecule has 2 rings (SSSR count). The van der Waals surface area contributed by atoms with Crippen LogP contribution in [0.2, 0.25) is 0 Å². The van der Waals surface area contributed by atoms with Crippen LogP contribution in [-0.4, -0.2) is 36.3 Å². The lowest BCUT2D eigenvalue weighted by Gasteiger charge is -2.14. The van der Waals surface area contributed by atoms with E-state index in [1.807, 2.05) is 11.4 Å². The van der Waals surface area contributed by atoms with E-state index in [9.17, 15) is 8.42 Å². The summed E-state index contributed by atoms with van der Waals surface area (Å²) in [7, 11) is -2.01. The van der Waals surface area contributed by atoms with Crippen LogP contribution in [0.15, 0.2) is 29.0 Å². The van der Waals surface area contributed by atoms with Gasteiger partial charge in [-0.15, -0.1) is 11.3 Å². The van der Waals surface area contributed by atoms with Gasteiger partial charge in [-0.25, -0.2) is 13.4 Å². The molecule has 0 atom stereocenters. The third kappa shape index (κ3) is 3.26. The number of nitrogens with one attached hydrogen (secondary N) is 1. The SMILES string of the molecule is CN(Cc1cc(C#CCN)cs1)S(=O)(=O)c1cnc[nH]1. The molecule has 3 N–H and O–H groups in total. The Morgan fingerprint density at radius 2 is 2.35 bits per heavy atom. The summed E-state index contributed by atoms with van der Waals surface area (Å²) < 4.78 is 25.7. The van der Waals surface area contributed by atoms with Crippen LogP contribution < -0.4 is 5.73 Å². The maximum atomic E-state index is 12.2. The molecule has 0 unspecified atom stereocenters. The fourth-order valence-corrected chi connectivity index (χ4v) is 3.53. The molecule has 0 aliphatic rings. The first-order chi connectivity index (χ1) is 9.54. The molecule has 0 saturated heterocycles. The minimum Gasteiger partial charge on any atom is -0.335 e. The van der Waals surface area contributed by atoms with Gasteiger partial charge in [-0.1, -0.05) is 11.8 Å². The minimum atomic E-state index is -3.54. The van der Waals surface area contributed by atoms with E-state index in [1.54, 1.807) is 0 Å². The van der Waals surface area contributed by atoms with Gasteiger partial charge in [0.25, 0.3) is 10.0 Å². The number of imidazole rings is 1. The van der Waals surface area contributed by atoms with Crippen LogP contribution in [0, 0.1) is 11.8 Å². The number of aromatic amines is 1. The third-order valence-corrected chi connectivity index (χ3v) is 5.18. The molecule has 20 heavy (non-hydrogen) atoms. The van der Waals surface area contributed by atoms with Crippen molar-refractivity contribution in [2.75, 3.05) is 13.6 Å². The van der Waals surface area contributed by atoms with Crippen LogP contribution in [-0.2, 0) is 16.6 Å². The maximum Gasteiger partial charge on any atom is 0.260 e. The number of rotatable bonds is 4. The first kappa shape index (κ1) is 14.7. The minimum absolute atomic E-state index is 0.0831. The molecule has 0 radical (unpaired) electrons. The first-order valence-electron chi connectivity index (χ1n) is 5.75. The van der Waals surface area contributed by atoms with Crippen molar-refractivity contribution in [3.8, 4) is 11.8 Å². The summed E-state index contributed by atoms with van der Waals surface area (Å²) >= 11 is 1.47. The molecule has 0 aliphatic heterocycles. The molecule has 0 spiro atoms. The average molecular weight is 310 g/mol. The van der Waals surface area contributed by atoms with Crippen molar-refractivity contribution in [3.63, 3.8) is 0 Å². The number of sulfonamides is 1. The van der Waals surface area contributed by atoms with Crippen molar-refractivity contribution >= 4 is 21.4 Å². The van der Waals surface area contributed by atoms with Crippen molar-refractivity contribution in [1.82, 2.24) is 14.3 Å². The Morgan fingerprint density at radius 3 is 3.00 bits per heavy atom. The van der Waals surface area contributed by atoms with Crippen LogP contribution in [0.25, 0.3) is 0 Å². The number of nitrogens with two attached hydrogens (primary N) is 1. The van der Waals surface area contributed by atoms with Crippen molar-refractivity contribution < 1.29 is 8.42 Å². The number of hydrogen-bond donors (Lipinski definition) is 2. The molecule has 0 aromatic carbocycles. The Hall–Kier alpha value is -1.66. The molecule has 2 heterocycles. The summed E-state index contributed by atoms with van der Waals surface area (Å²) in [4.78, 5) is 7.24. The van der Waals surface area contributed by atoms with Crippen LogP contribution in [0.1, 0.15) is 10.4 Å². The van der Waals surface area contributed by atoms with Crippen molar-refractivity contribution in [3.05, 3.63) is 34.4 Å². The summed E-state index contributed by atoms with van der Waals surface area (Å²) in [5.41, 5.74) is 6.16. The van der Waals surface area contributed by atoms with Gasteiger partial charge >= 0.3 is 0 Å². The van der Waals surface area contributed by atoms with E-state index in [0.717, 1.165) is 10.4 Å². The largest absolute Gasteiger partial charge is 0.335 e. The number of nitrogens with zero attached hydrogens (tertiary/aromatic N) is 2. The Kier molecular flexibility index (Phi) is 4.57. The first-order valence-corrected chi connectivity index (χ1v) is 8.07. The molecule has 106 valence electrons. The van der Waals surface area contributed by atoms with E-state index in [0.29, 0.717) is 6.54 Å². The molecule has 0 saturated carbocycles. The topological polar surface area (TPSA) is 92.1 Å². The van der Waals surface area contributed by atoms with Crippen molar-refractivity contribution in [1.29, 1.82) is 0 Å². The van der Waals surface area contributed by atoms with E-state index in [-0.39, 0.29) is 11.6 Å². The highest BCUT2D eigenvalue weighted by atomic mass is 32.2. The molecular formula is C12H14N4O2S2. The van der Waals surface area contributed by atoms with E-state index < -0.39 is 10.0 Å². The zero-order chi connectivity index (χ0) is 14.6. The van der Waals surface area contributed by atoms with Gasteiger partial charge in [-0.2, -0.15) is 4.31 Å². The summed E-state index contributed by atoms with van der Waals surface area (Å²) in [6.45, 7) is 0.593. The lowest BCUT2D eigenvalue weighted by molar-refractivity contribution is 0.467. The fourth-order valence-electron chi connectivity index (χ4n) is 1.54. The Balaban J connectivity index is 2.12. The van der Waals surface area contributed by atoms with Gasteiger partial charge in [-0.05, 0) is 6.07 Å². The van der Waals surface area contributed by atoms with Crippen LogP contribution in [0.3, 0.4) is 0 Å². The molecule has 0 amide bonds. The lowest BCUT2D eigenvalue weighted by atomic mass is 10.3. The quantitative estimate of drug-likeness (QED) is 0.809. The summed E-state index contributed by atoms with van der Waals surface area (Å²) in [6.07, 6.45) is 2.63. The standard InChI is InChI=1S/C12H14N4O2S2/c1-16(20(17,18)12-6-14-9-15-12)7-11-5-10(8-19-11)3-2-4-13/h5-6,8-9H,4,7,13H2,1H3,(H,14,15). The molecular weight excluding hydrogens is 296 g/mol. The van der Waals surface area contributed by atoms with Crippen LogP contribution in [0.5, 0.6) is 0 Å². The van der Waals surface area contributed by atoms with Gasteiger partial charge in [0.05, 0.1) is 19.1 Å². The number of hydrogen-bond acceptors (Lipinski definition) is 5. The fraction of sp³-hybridized carbons (Fsp3) is 0.250. The molecule has 2 aromatic rings. The molecule has 2 aromatic heterocycles. The zero-order valence-electron chi connectivity index (χ0n) is 10.8. The molecule has 0 aliphatic carbocycles. The number of aromatic nitrogens is 2. The van der Waals surface area contributed by atoms with E-state index >= 15 is 0 Å². The van der Waals surface area contributed by atoms with Gasteiger partial charge < -0.3 is 10.7 Å². The summed E-state index contributed by atoms with van der Waals surface area (Å²) in [5.74, 6) is 5.68. The lowest BCUT2D eigenvalue weighted by Crippen LogP contribution is -2.26. The molecule has 6 nitrogen and oxygen atoms in total. The highest BCUT2D eigenvalue weighted by Crippen LogP contribution is 2.19. The smallest absolute Gasteiger partial charge is 0.260 e. The normalized spacial score (nSPS) is 11.3. The number of H-pyrrole nitrogens is 1. The van der Waals surface area contributed by atoms with E-state index in [4.69, 9.17) is 5.73 Å². The Morgan fingerprint density at radius 1 is 1.55 bits per heavy atom. The van der Waals surface area contributed by atoms with Gasteiger partial charge in [0.2, 0.25) is 0 Å².